The zero-order valence-corrected chi connectivity index (χ0v) is 14.3. The van der Waals surface area contributed by atoms with E-state index in [1.807, 2.05) is 18.2 Å². The van der Waals surface area contributed by atoms with Crippen molar-refractivity contribution in [3.63, 3.8) is 0 Å². The predicted molar refractivity (Wildman–Crippen MR) is 91.2 cm³/mol. The third kappa shape index (κ3) is 6.77. The molecule has 0 aromatic heterocycles. The summed E-state index contributed by atoms with van der Waals surface area (Å²) in [5.41, 5.74) is 1.16. The molecule has 0 aliphatic rings. The van der Waals surface area contributed by atoms with Crippen LogP contribution < -0.4 is 10.6 Å². The number of hydrogen-bond acceptors (Lipinski definition) is 2. The molecule has 0 saturated heterocycles. The Morgan fingerprint density at radius 1 is 1.26 bits per heavy atom. The molecule has 0 heterocycles. The number of guanidine groups is 1. The second-order valence-electron chi connectivity index (χ2n) is 4.39. The van der Waals surface area contributed by atoms with E-state index in [1.54, 1.807) is 14.2 Å². The van der Waals surface area contributed by atoms with Crippen LogP contribution in [-0.2, 0) is 4.74 Å². The summed E-state index contributed by atoms with van der Waals surface area (Å²) >= 11 is 0. The highest BCUT2D eigenvalue weighted by atomic mass is 127. The van der Waals surface area contributed by atoms with Crippen molar-refractivity contribution in [2.24, 2.45) is 4.99 Å². The maximum absolute atomic E-state index is 5.49. The first-order valence-electron chi connectivity index (χ1n) is 6.22. The Hall–Kier alpha value is -0.820. The van der Waals surface area contributed by atoms with Crippen molar-refractivity contribution in [3.8, 4) is 0 Å². The molecule has 0 aliphatic heterocycles. The van der Waals surface area contributed by atoms with Crippen molar-refractivity contribution in [1.82, 2.24) is 10.6 Å². The lowest BCUT2D eigenvalue weighted by molar-refractivity contribution is 0.106. The topological polar surface area (TPSA) is 45.7 Å². The zero-order valence-electron chi connectivity index (χ0n) is 12.0. The van der Waals surface area contributed by atoms with E-state index in [-0.39, 0.29) is 30.1 Å². The zero-order chi connectivity index (χ0) is 13.4. The Bertz CT molecular complexity index is 368. The molecule has 1 rings (SSSR count). The van der Waals surface area contributed by atoms with Crippen LogP contribution in [0.2, 0.25) is 0 Å². The van der Waals surface area contributed by atoms with Gasteiger partial charge in [-0.1, -0.05) is 30.3 Å². The van der Waals surface area contributed by atoms with Gasteiger partial charge in [0.2, 0.25) is 0 Å². The first kappa shape index (κ1) is 18.2. The van der Waals surface area contributed by atoms with Gasteiger partial charge in [0.1, 0.15) is 0 Å². The molecule has 1 aromatic carbocycles. The summed E-state index contributed by atoms with van der Waals surface area (Å²) in [4.78, 5) is 4.17. The number of halogens is 1. The molecule has 2 N–H and O–H groups in total. The van der Waals surface area contributed by atoms with E-state index >= 15 is 0 Å². The Morgan fingerprint density at radius 2 is 1.89 bits per heavy atom. The molecular formula is C14H24IN3O. The van der Waals surface area contributed by atoms with Crippen molar-refractivity contribution in [3.05, 3.63) is 35.9 Å². The van der Waals surface area contributed by atoms with Crippen molar-refractivity contribution in [1.29, 1.82) is 0 Å². The summed E-state index contributed by atoms with van der Waals surface area (Å²) in [6.07, 6.45) is 0.0249. The number of benzene rings is 1. The SMILES string of the molecule is CN=C(NCC(OC)c1ccccc1)NC(C)C.I. The van der Waals surface area contributed by atoms with Gasteiger partial charge >= 0.3 is 0 Å². The standard InChI is InChI=1S/C14H23N3O.HI/c1-11(2)17-14(15-3)16-10-13(18-4)12-8-6-5-7-9-12;/h5-9,11,13H,10H2,1-4H3,(H2,15,16,17);1H. The third-order valence-corrected chi connectivity index (χ3v) is 2.56. The maximum atomic E-state index is 5.49. The lowest BCUT2D eigenvalue weighted by Crippen LogP contribution is -2.42. The molecule has 0 bridgehead atoms. The number of methoxy groups -OCH3 is 1. The Balaban J connectivity index is 0.00000324. The molecule has 108 valence electrons. The first-order chi connectivity index (χ1) is 8.67. The van der Waals surface area contributed by atoms with Crippen LogP contribution in [0.25, 0.3) is 0 Å². The minimum Gasteiger partial charge on any atom is -0.375 e. The van der Waals surface area contributed by atoms with Gasteiger partial charge in [0.15, 0.2) is 5.96 Å². The van der Waals surface area contributed by atoms with E-state index in [4.69, 9.17) is 4.74 Å². The number of ether oxygens (including phenoxy) is 1. The van der Waals surface area contributed by atoms with Gasteiger partial charge in [-0.25, -0.2) is 0 Å². The number of nitrogens with zero attached hydrogens (tertiary/aromatic N) is 1. The summed E-state index contributed by atoms with van der Waals surface area (Å²) in [5, 5.41) is 6.51. The van der Waals surface area contributed by atoms with Crippen LogP contribution in [0.3, 0.4) is 0 Å². The van der Waals surface area contributed by atoms with E-state index in [0.717, 1.165) is 11.5 Å². The molecule has 1 atom stereocenters. The van der Waals surface area contributed by atoms with E-state index in [9.17, 15) is 0 Å². The van der Waals surface area contributed by atoms with Gasteiger partial charge < -0.3 is 15.4 Å². The van der Waals surface area contributed by atoms with Crippen LogP contribution in [0.4, 0.5) is 0 Å². The molecule has 0 amide bonds. The Kier molecular flexibility index (Phi) is 9.59. The van der Waals surface area contributed by atoms with Crippen molar-refractivity contribution in [2.75, 3.05) is 20.7 Å². The van der Waals surface area contributed by atoms with Gasteiger partial charge in [-0.2, -0.15) is 0 Å². The maximum Gasteiger partial charge on any atom is 0.191 e. The smallest absolute Gasteiger partial charge is 0.191 e. The number of hydrogen-bond donors (Lipinski definition) is 2. The highest BCUT2D eigenvalue weighted by molar-refractivity contribution is 14.0. The normalized spacial score (nSPS) is 12.8. The minimum absolute atomic E-state index is 0. The van der Waals surface area contributed by atoms with Crippen LogP contribution in [0, 0.1) is 0 Å². The molecule has 0 saturated carbocycles. The van der Waals surface area contributed by atoms with Gasteiger partial charge in [0.25, 0.3) is 0 Å². The molecule has 0 radical (unpaired) electrons. The van der Waals surface area contributed by atoms with E-state index < -0.39 is 0 Å². The number of aliphatic imine (C=N–C) groups is 1. The third-order valence-electron chi connectivity index (χ3n) is 2.56. The summed E-state index contributed by atoms with van der Waals surface area (Å²) in [7, 11) is 3.49. The van der Waals surface area contributed by atoms with Gasteiger partial charge in [-0.05, 0) is 19.4 Å². The van der Waals surface area contributed by atoms with E-state index in [2.05, 4.69) is 41.6 Å². The van der Waals surface area contributed by atoms with Crippen molar-refractivity contribution >= 4 is 29.9 Å². The van der Waals surface area contributed by atoms with Crippen molar-refractivity contribution in [2.45, 2.75) is 26.0 Å². The monoisotopic (exact) mass is 377 g/mol. The van der Waals surface area contributed by atoms with Crippen LogP contribution in [0.1, 0.15) is 25.5 Å². The summed E-state index contributed by atoms with van der Waals surface area (Å²) in [6, 6.07) is 10.5. The van der Waals surface area contributed by atoms with Crippen LogP contribution >= 0.6 is 24.0 Å². The summed E-state index contributed by atoms with van der Waals surface area (Å²) < 4.78 is 5.49. The number of nitrogens with one attached hydrogen (secondary N) is 2. The summed E-state index contributed by atoms with van der Waals surface area (Å²) in [6.45, 7) is 4.85. The Labute approximate surface area is 133 Å². The molecule has 1 aromatic rings. The second-order valence-corrected chi connectivity index (χ2v) is 4.39. The lowest BCUT2D eigenvalue weighted by atomic mass is 10.1. The van der Waals surface area contributed by atoms with E-state index in [1.165, 1.54) is 0 Å². The fourth-order valence-corrected chi connectivity index (χ4v) is 1.66. The second kappa shape index (κ2) is 10.0. The molecule has 0 fully saturated rings. The van der Waals surface area contributed by atoms with Gasteiger partial charge in [0.05, 0.1) is 6.10 Å². The largest absolute Gasteiger partial charge is 0.375 e. The Morgan fingerprint density at radius 3 is 2.37 bits per heavy atom. The van der Waals surface area contributed by atoms with Crippen LogP contribution in [0.5, 0.6) is 0 Å². The highest BCUT2D eigenvalue weighted by Gasteiger charge is 2.10. The quantitative estimate of drug-likeness (QED) is 0.471. The average molecular weight is 377 g/mol. The molecule has 0 spiro atoms. The van der Waals surface area contributed by atoms with Gasteiger partial charge in [-0.3, -0.25) is 4.99 Å². The predicted octanol–water partition coefficient (Wildman–Crippen LogP) is 2.57. The highest BCUT2D eigenvalue weighted by Crippen LogP contribution is 2.14. The number of rotatable bonds is 5. The molecule has 19 heavy (non-hydrogen) atoms. The summed E-state index contributed by atoms with van der Waals surface area (Å²) in [5.74, 6) is 0.794. The minimum atomic E-state index is 0. The van der Waals surface area contributed by atoms with Crippen LogP contribution in [0.15, 0.2) is 35.3 Å². The molecular weight excluding hydrogens is 353 g/mol. The van der Waals surface area contributed by atoms with Crippen molar-refractivity contribution < 1.29 is 4.74 Å². The van der Waals surface area contributed by atoms with Gasteiger partial charge in [-0.15, -0.1) is 24.0 Å². The lowest BCUT2D eigenvalue weighted by Gasteiger charge is -2.19. The fourth-order valence-electron chi connectivity index (χ4n) is 1.66. The van der Waals surface area contributed by atoms with E-state index in [0.29, 0.717) is 12.6 Å². The van der Waals surface area contributed by atoms with Gasteiger partial charge in [0, 0.05) is 26.7 Å². The molecule has 0 aliphatic carbocycles. The fraction of sp³-hybridized carbons (Fsp3) is 0.500. The molecule has 4 nitrogen and oxygen atoms in total. The molecule has 1 unspecified atom stereocenters. The first-order valence-corrected chi connectivity index (χ1v) is 6.22. The average Bonchev–Trinajstić information content (AvgIpc) is 2.39. The van der Waals surface area contributed by atoms with Crippen LogP contribution in [-0.4, -0.2) is 32.7 Å². The molecule has 5 heteroatoms.